The molecular formula is C26H33N5O3. The van der Waals surface area contributed by atoms with Crippen molar-refractivity contribution >= 4 is 29.2 Å². The van der Waals surface area contributed by atoms with E-state index in [2.05, 4.69) is 15.5 Å². The second kappa shape index (κ2) is 9.75. The van der Waals surface area contributed by atoms with Crippen LogP contribution in [0.15, 0.2) is 54.6 Å². The second-order valence-corrected chi connectivity index (χ2v) is 9.45. The van der Waals surface area contributed by atoms with Gasteiger partial charge in [-0.2, -0.15) is 0 Å². The Morgan fingerprint density at radius 3 is 2.26 bits per heavy atom. The van der Waals surface area contributed by atoms with Crippen molar-refractivity contribution in [2.45, 2.75) is 45.2 Å². The number of piperidine rings is 1. The molecule has 0 saturated carbocycles. The molecule has 2 aromatic rings. The Morgan fingerprint density at radius 2 is 1.65 bits per heavy atom. The molecule has 180 valence electrons. The van der Waals surface area contributed by atoms with Crippen LogP contribution < -0.4 is 15.5 Å². The number of benzene rings is 2. The first kappa shape index (κ1) is 23.6. The number of likely N-dealkylation sites (tertiary alicyclic amines) is 1. The maximum Gasteiger partial charge on any atom is 0.321 e. The number of urea groups is 1. The van der Waals surface area contributed by atoms with Gasteiger partial charge in [0.2, 0.25) is 5.91 Å². The summed E-state index contributed by atoms with van der Waals surface area (Å²) in [5.41, 5.74) is 2.06. The van der Waals surface area contributed by atoms with Crippen molar-refractivity contribution < 1.29 is 14.4 Å². The van der Waals surface area contributed by atoms with Crippen LogP contribution in [-0.2, 0) is 9.59 Å². The van der Waals surface area contributed by atoms with Crippen molar-refractivity contribution in [2.75, 3.05) is 36.5 Å². The number of amides is 4. The Balaban J connectivity index is 1.49. The highest BCUT2D eigenvalue weighted by Crippen LogP contribution is 2.39. The summed E-state index contributed by atoms with van der Waals surface area (Å²) in [6.45, 7) is 7.10. The van der Waals surface area contributed by atoms with Crippen LogP contribution in [-0.4, -0.2) is 65.5 Å². The highest BCUT2D eigenvalue weighted by Gasteiger charge is 2.54. The lowest BCUT2D eigenvalue weighted by atomic mass is 9.85. The Kier molecular flexibility index (Phi) is 6.77. The van der Waals surface area contributed by atoms with Gasteiger partial charge in [-0.1, -0.05) is 35.9 Å². The molecule has 2 aromatic carbocycles. The van der Waals surface area contributed by atoms with Crippen LogP contribution in [0.25, 0.3) is 0 Å². The molecule has 1 spiro atoms. The number of rotatable bonds is 5. The fraction of sp³-hybridized carbons (Fsp3) is 0.423. The van der Waals surface area contributed by atoms with Gasteiger partial charge in [0.05, 0.1) is 6.67 Å². The van der Waals surface area contributed by atoms with Crippen LogP contribution in [0, 0.1) is 6.92 Å². The minimum Gasteiger partial charge on any atom is -0.352 e. The van der Waals surface area contributed by atoms with E-state index in [0.29, 0.717) is 32.6 Å². The van der Waals surface area contributed by atoms with Gasteiger partial charge in [0.1, 0.15) is 12.1 Å². The Morgan fingerprint density at radius 1 is 1.00 bits per heavy atom. The molecule has 0 unspecified atom stereocenters. The molecule has 4 rings (SSSR count). The van der Waals surface area contributed by atoms with E-state index in [0.717, 1.165) is 16.9 Å². The average molecular weight is 464 g/mol. The van der Waals surface area contributed by atoms with Crippen LogP contribution in [0.4, 0.5) is 16.2 Å². The van der Waals surface area contributed by atoms with E-state index in [1.165, 1.54) is 0 Å². The molecule has 8 heteroatoms. The van der Waals surface area contributed by atoms with Gasteiger partial charge in [-0.3, -0.25) is 9.59 Å². The monoisotopic (exact) mass is 463 g/mol. The number of hydrogen-bond acceptors (Lipinski definition) is 4. The molecule has 2 aliphatic rings. The molecule has 0 aromatic heterocycles. The number of carbonyl (C=O) groups excluding carboxylic acids is 3. The number of aryl methyl sites for hydroxylation is 1. The van der Waals surface area contributed by atoms with Crippen LogP contribution in [0.1, 0.15) is 32.3 Å². The summed E-state index contributed by atoms with van der Waals surface area (Å²) in [5, 5.41) is 5.82. The van der Waals surface area contributed by atoms with E-state index < -0.39 is 5.54 Å². The Bertz CT molecular complexity index is 1030. The van der Waals surface area contributed by atoms with Gasteiger partial charge in [-0.05, 0) is 57.9 Å². The molecule has 2 heterocycles. The topological polar surface area (TPSA) is 85.0 Å². The summed E-state index contributed by atoms with van der Waals surface area (Å²) in [6.07, 6.45) is 1.01. The van der Waals surface area contributed by atoms with Gasteiger partial charge in [0.25, 0.3) is 5.91 Å². The molecule has 34 heavy (non-hydrogen) atoms. The minimum absolute atomic E-state index is 0.0136. The highest BCUT2D eigenvalue weighted by molar-refractivity contribution is 5.97. The summed E-state index contributed by atoms with van der Waals surface area (Å²) < 4.78 is 0. The SMILES string of the molecule is Cc1ccc(NC(=O)N2CCC3(CC2)C(=O)N(CC(=O)NC(C)C)CN3c2ccccc2)cc1. The van der Waals surface area contributed by atoms with Crippen LogP contribution in [0.5, 0.6) is 0 Å². The third-order valence-electron chi connectivity index (χ3n) is 6.55. The van der Waals surface area contributed by atoms with Gasteiger partial charge in [0, 0.05) is 30.5 Å². The third-order valence-corrected chi connectivity index (χ3v) is 6.55. The number of anilines is 2. The number of para-hydroxylation sites is 1. The molecule has 2 N–H and O–H groups in total. The zero-order chi connectivity index (χ0) is 24.3. The molecule has 2 fully saturated rings. The lowest BCUT2D eigenvalue weighted by Gasteiger charge is -2.43. The van der Waals surface area contributed by atoms with Crippen LogP contribution >= 0.6 is 0 Å². The molecule has 0 radical (unpaired) electrons. The molecule has 2 aliphatic heterocycles. The van der Waals surface area contributed by atoms with E-state index in [4.69, 9.17) is 0 Å². The second-order valence-electron chi connectivity index (χ2n) is 9.45. The summed E-state index contributed by atoms with van der Waals surface area (Å²) in [7, 11) is 0. The molecule has 8 nitrogen and oxygen atoms in total. The first-order valence-corrected chi connectivity index (χ1v) is 11.8. The zero-order valence-electron chi connectivity index (χ0n) is 20.1. The van der Waals surface area contributed by atoms with Crippen molar-refractivity contribution in [2.24, 2.45) is 0 Å². The maximum atomic E-state index is 13.7. The van der Waals surface area contributed by atoms with Gasteiger partial charge in [-0.15, -0.1) is 0 Å². The molecule has 4 amide bonds. The van der Waals surface area contributed by atoms with Gasteiger partial charge >= 0.3 is 6.03 Å². The lowest BCUT2D eigenvalue weighted by molar-refractivity contribution is -0.137. The van der Waals surface area contributed by atoms with Gasteiger partial charge in [0.15, 0.2) is 0 Å². The zero-order valence-corrected chi connectivity index (χ0v) is 20.1. The molecule has 0 aliphatic carbocycles. The van der Waals surface area contributed by atoms with E-state index in [9.17, 15) is 14.4 Å². The third kappa shape index (κ3) is 4.85. The van der Waals surface area contributed by atoms with Crippen molar-refractivity contribution in [1.29, 1.82) is 0 Å². The quantitative estimate of drug-likeness (QED) is 0.713. The Hall–Kier alpha value is -3.55. The van der Waals surface area contributed by atoms with Crippen molar-refractivity contribution in [3.05, 3.63) is 60.2 Å². The van der Waals surface area contributed by atoms with E-state index in [1.807, 2.05) is 75.4 Å². The van der Waals surface area contributed by atoms with Gasteiger partial charge in [-0.25, -0.2) is 4.79 Å². The summed E-state index contributed by atoms with van der Waals surface area (Å²) in [4.78, 5) is 44.4. The largest absolute Gasteiger partial charge is 0.352 e. The smallest absolute Gasteiger partial charge is 0.321 e. The fourth-order valence-corrected chi connectivity index (χ4v) is 4.78. The fourth-order valence-electron chi connectivity index (χ4n) is 4.78. The van der Waals surface area contributed by atoms with E-state index >= 15 is 0 Å². The number of nitrogens with one attached hydrogen (secondary N) is 2. The minimum atomic E-state index is -0.764. The maximum absolute atomic E-state index is 13.7. The number of nitrogens with zero attached hydrogens (tertiary/aromatic N) is 3. The highest BCUT2D eigenvalue weighted by atomic mass is 16.2. The first-order valence-electron chi connectivity index (χ1n) is 11.8. The molecule has 0 bridgehead atoms. The Labute approximate surface area is 200 Å². The van der Waals surface area contributed by atoms with Gasteiger partial charge < -0.3 is 25.3 Å². The van der Waals surface area contributed by atoms with E-state index in [-0.39, 0.29) is 30.4 Å². The number of hydrogen-bond donors (Lipinski definition) is 2. The standard InChI is InChI=1S/C26H33N5O3/c1-19(2)27-23(32)17-30-18-31(22-7-5-4-6-8-22)26(24(30)33)13-15-29(16-14-26)25(34)28-21-11-9-20(3)10-12-21/h4-12,19H,13-18H2,1-3H3,(H,27,32)(H,28,34). The van der Waals surface area contributed by atoms with Crippen molar-refractivity contribution in [1.82, 2.24) is 15.1 Å². The molecule has 0 atom stereocenters. The predicted molar refractivity (Wildman–Crippen MR) is 133 cm³/mol. The first-order chi connectivity index (χ1) is 16.3. The van der Waals surface area contributed by atoms with Crippen LogP contribution in [0.3, 0.4) is 0 Å². The van der Waals surface area contributed by atoms with E-state index in [1.54, 1.807) is 9.80 Å². The average Bonchev–Trinajstić information content (AvgIpc) is 3.07. The summed E-state index contributed by atoms with van der Waals surface area (Å²) in [6, 6.07) is 17.4. The normalized spacial score (nSPS) is 17.4. The lowest BCUT2D eigenvalue weighted by Crippen LogP contribution is -2.58. The summed E-state index contributed by atoms with van der Waals surface area (Å²) >= 11 is 0. The number of carbonyl (C=O) groups is 3. The predicted octanol–water partition coefficient (Wildman–Crippen LogP) is 3.19. The molecular weight excluding hydrogens is 430 g/mol. The van der Waals surface area contributed by atoms with Crippen molar-refractivity contribution in [3.63, 3.8) is 0 Å². The molecule has 2 saturated heterocycles. The summed E-state index contributed by atoms with van der Waals surface area (Å²) in [5.74, 6) is -0.211. The van der Waals surface area contributed by atoms with Crippen molar-refractivity contribution in [3.8, 4) is 0 Å². The van der Waals surface area contributed by atoms with Crippen LogP contribution in [0.2, 0.25) is 0 Å².